The predicted octanol–water partition coefficient (Wildman–Crippen LogP) is 3.79. The van der Waals surface area contributed by atoms with Gasteiger partial charge in [0, 0.05) is 0 Å². The molecule has 0 bridgehead atoms. The minimum Gasteiger partial charge on any atom is -0.469 e. The van der Waals surface area contributed by atoms with Crippen LogP contribution in [0.25, 0.3) is 0 Å². The van der Waals surface area contributed by atoms with Crippen molar-refractivity contribution in [1.29, 1.82) is 0 Å². The van der Waals surface area contributed by atoms with E-state index in [2.05, 4.69) is 13.8 Å². The Morgan fingerprint density at radius 1 is 1.33 bits per heavy atom. The van der Waals surface area contributed by atoms with Gasteiger partial charge in [-0.3, -0.25) is 4.79 Å². The fraction of sp³-hybridized carbons (Fsp3) is 0.923. The molecule has 1 unspecified atom stereocenters. The van der Waals surface area contributed by atoms with Crippen LogP contribution in [-0.2, 0) is 9.53 Å². The van der Waals surface area contributed by atoms with Gasteiger partial charge in [0.25, 0.3) is 0 Å². The molecule has 2 nitrogen and oxygen atoms in total. The Kier molecular flexibility index (Phi) is 6.62. The molecule has 0 aromatic heterocycles. The topological polar surface area (TPSA) is 26.3 Å². The summed E-state index contributed by atoms with van der Waals surface area (Å²) in [6.45, 7) is 8.37. The van der Waals surface area contributed by atoms with Crippen molar-refractivity contribution in [2.45, 2.75) is 59.8 Å². The quantitative estimate of drug-likeness (QED) is 0.476. The predicted molar refractivity (Wildman–Crippen MR) is 63.7 cm³/mol. The van der Waals surface area contributed by atoms with Crippen LogP contribution in [0.5, 0.6) is 0 Å². The Balaban J connectivity index is 3.93. The second-order valence-electron chi connectivity index (χ2n) is 5.18. The highest BCUT2D eigenvalue weighted by Crippen LogP contribution is 2.29. The number of ether oxygens (including phenoxy) is 1. The molecule has 0 saturated heterocycles. The van der Waals surface area contributed by atoms with Gasteiger partial charge < -0.3 is 4.74 Å². The average Bonchev–Trinajstić information content (AvgIpc) is 2.16. The largest absolute Gasteiger partial charge is 0.469 e. The van der Waals surface area contributed by atoms with Crippen molar-refractivity contribution in [1.82, 2.24) is 0 Å². The van der Waals surface area contributed by atoms with Gasteiger partial charge in [0.15, 0.2) is 0 Å². The molecule has 0 heterocycles. The normalized spacial score (nSPS) is 13.7. The molecule has 90 valence electrons. The van der Waals surface area contributed by atoms with Crippen LogP contribution in [0.15, 0.2) is 0 Å². The van der Waals surface area contributed by atoms with Crippen LogP contribution in [0.2, 0.25) is 0 Å². The van der Waals surface area contributed by atoms with Gasteiger partial charge >= 0.3 is 5.97 Å². The van der Waals surface area contributed by atoms with E-state index in [1.54, 1.807) is 0 Å². The lowest BCUT2D eigenvalue weighted by Gasteiger charge is -2.25. The van der Waals surface area contributed by atoms with Gasteiger partial charge in [-0.2, -0.15) is 0 Å². The lowest BCUT2D eigenvalue weighted by atomic mass is 9.81. The molecule has 0 aromatic rings. The van der Waals surface area contributed by atoms with Gasteiger partial charge in [-0.05, 0) is 26.2 Å². The van der Waals surface area contributed by atoms with Crippen molar-refractivity contribution in [2.75, 3.05) is 7.11 Å². The molecular weight excluding hydrogens is 188 g/mol. The van der Waals surface area contributed by atoms with Crippen molar-refractivity contribution < 1.29 is 9.53 Å². The third-order valence-corrected chi connectivity index (χ3v) is 2.90. The molecule has 0 amide bonds. The van der Waals surface area contributed by atoms with E-state index in [0.29, 0.717) is 5.92 Å². The first-order valence-electron chi connectivity index (χ1n) is 6.02. The Morgan fingerprint density at radius 2 is 1.93 bits per heavy atom. The standard InChI is InChI=1S/C13H26O2/c1-6-7-8-9-11(2)10-13(3,4)12(14)15-5/h11H,6-10H2,1-5H3. The fourth-order valence-electron chi connectivity index (χ4n) is 2.08. The zero-order chi connectivity index (χ0) is 11.9. The summed E-state index contributed by atoms with van der Waals surface area (Å²) in [5, 5.41) is 0. The maximum Gasteiger partial charge on any atom is 0.311 e. The lowest BCUT2D eigenvalue weighted by molar-refractivity contribution is -0.151. The second kappa shape index (κ2) is 6.86. The number of carbonyl (C=O) groups is 1. The summed E-state index contributed by atoms with van der Waals surface area (Å²) in [6.07, 6.45) is 5.96. The molecule has 0 N–H and O–H groups in total. The molecule has 0 aliphatic carbocycles. The number of hydrogen-bond donors (Lipinski definition) is 0. The van der Waals surface area contributed by atoms with Gasteiger partial charge in [-0.15, -0.1) is 0 Å². The molecule has 0 aliphatic heterocycles. The van der Waals surface area contributed by atoms with Crippen LogP contribution in [0.4, 0.5) is 0 Å². The Hall–Kier alpha value is -0.530. The summed E-state index contributed by atoms with van der Waals surface area (Å²) in [5.74, 6) is 0.510. The average molecular weight is 214 g/mol. The van der Waals surface area contributed by atoms with Crippen molar-refractivity contribution >= 4 is 5.97 Å². The summed E-state index contributed by atoms with van der Waals surface area (Å²) in [7, 11) is 1.46. The molecule has 0 fully saturated rings. The molecule has 0 saturated carbocycles. The molecule has 0 radical (unpaired) electrons. The van der Waals surface area contributed by atoms with Crippen LogP contribution in [0.3, 0.4) is 0 Å². The first kappa shape index (κ1) is 14.5. The third-order valence-electron chi connectivity index (χ3n) is 2.90. The summed E-state index contributed by atoms with van der Waals surface area (Å²) in [6, 6.07) is 0. The number of methoxy groups -OCH3 is 1. The minimum atomic E-state index is -0.333. The SMILES string of the molecule is CCCCCC(C)CC(C)(C)C(=O)OC. The van der Waals surface area contributed by atoms with Gasteiger partial charge in [0.05, 0.1) is 12.5 Å². The molecule has 1 atom stereocenters. The van der Waals surface area contributed by atoms with Crippen LogP contribution >= 0.6 is 0 Å². The maximum absolute atomic E-state index is 11.5. The molecule has 0 rings (SSSR count). The summed E-state index contributed by atoms with van der Waals surface area (Å²) >= 11 is 0. The number of rotatable bonds is 7. The Labute approximate surface area is 94.4 Å². The van der Waals surface area contributed by atoms with Gasteiger partial charge in [0.1, 0.15) is 0 Å². The van der Waals surface area contributed by atoms with Crippen LogP contribution < -0.4 is 0 Å². The van der Waals surface area contributed by atoms with Gasteiger partial charge in [-0.25, -0.2) is 0 Å². The minimum absolute atomic E-state index is 0.0927. The Bertz CT molecular complexity index is 185. The summed E-state index contributed by atoms with van der Waals surface area (Å²) < 4.78 is 4.80. The molecule has 0 spiro atoms. The van der Waals surface area contributed by atoms with Crippen LogP contribution in [0, 0.1) is 11.3 Å². The highest BCUT2D eigenvalue weighted by atomic mass is 16.5. The van der Waals surface area contributed by atoms with Gasteiger partial charge in [-0.1, -0.05) is 39.5 Å². The monoisotopic (exact) mass is 214 g/mol. The van der Waals surface area contributed by atoms with E-state index >= 15 is 0 Å². The van der Waals surface area contributed by atoms with Crippen molar-refractivity contribution in [3.8, 4) is 0 Å². The van der Waals surface area contributed by atoms with E-state index in [1.165, 1.54) is 32.8 Å². The second-order valence-corrected chi connectivity index (χ2v) is 5.18. The molecular formula is C13H26O2. The molecule has 0 aromatic carbocycles. The van der Waals surface area contributed by atoms with Crippen LogP contribution in [-0.4, -0.2) is 13.1 Å². The first-order chi connectivity index (χ1) is 6.94. The number of esters is 1. The van der Waals surface area contributed by atoms with E-state index in [4.69, 9.17) is 4.74 Å². The van der Waals surface area contributed by atoms with Crippen molar-refractivity contribution in [3.05, 3.63) is 0 Å². The van der Waals surface area contributed by atoms with Crippen molar-refractivity contribution in [3.63, 3.8) is 0 Å². The molecule has 2 heteroatoms. The van der Waals surface area contributed by atoms with E-state index in [0.717, 1.165) is 6.42 Å². The zero-order valence-electron chi connectivity index (χ0n) is 10.9. The Morgan fingerprint density at radius 3 is 2.40 bits per heavy atom. The zero-order valence-corrected chi connectivity index (χ0v) is 10.9. The third kappa shape index (κ3) is 5.81. The summed E-state index contributed by atoms with van der Waals surface area (Å²) in [4.78, 5) is 11.5. The lowest BCUT2D eigenvalue weighted by Crippen LogP contribution is -2.27. The van der Waals surface area contributed by atoms with Gasteiger partial charge in [0.2, 0.25) is 0 Å². The first-order valence-corrected chi connectivity index (χ1v) is 6.02. The van der Waals surface area contributed by atoms with Crippen molar-refractivity contribution in [2.24, 2.45) is 11.3 Å². The smallest absolute Gasteiger partial charge is 0.311 e. The van der Waals surface area contributed by atoms with E-state index in [1.807, 2.05) is 13.8 Å². The number of carbonyl (C=O) groups excluding carboxylic acids is 1. The molecule has 0 aliphatic rings. The molecule has 15 heavy (non-hydrogen) atoms. The van der Waals surface area contributed by atoms with E-state index in [9.17, 15) is 4.79 Å². The van der Waals surface area contributed by atoms with E-state index in [-0.39, 0.29) is 11.4 Å². The number of unbranched alkanes of at least 4 members (excludes halogenated alkanes) is 2. The summed E-state index contributed by atoms with van der Waals surface area (Å²) in [5.41, 5.74) is -0.333. The maximum atomic E-state index is 11.5. The van der Waals surface area contributed by atoms with Crippen LogP contribution in [0.1, 0.15) is 59.8 Å². The fourth-order valence-corrected chi connectivity index (χ4v) is 2.08. The van der Waals surface area contributed by atoms with E-state index < -0.39 is 0 Å². The highest BCUT2D eigenvalue weighted by molar-refractivity contribution is 5.75. The highest BCUT2D eigenvalue weighted by Gasteiger charge is 2.30. The number of hydrogen-bond acceptors (Lipinski definition) is 2.